The molecule has 1 aliphatic rings. The standard InChI is InChI=1S/C14H11N3O4/c18-12-5-6-13(19)17(12)21-14(20)16-10-3-4-11-9(8-10)2-1-7-15-11/h1-4,7-8H,5-6H2,(H,16,20)/i1D,2D,3D,4D,7D,8D. The van der Waals surface area contributed by atoms with Crippen LogP contribution in [0.25, 0.3) is 10.9 Å². The fourth-order valence-electron chi connectivity index (χ4n) is 1.68. The molecule has 7 heteroatoms. The van der Waals surface area contributed by atoms with Crippen LogP contribution < -0.4 is 5.32 Å². The maximum atomic E-state index is 12.0. The van der Waals surface area contributed by atoms with Crippen LogP contribution in [0.4, 0.5) is 10.5 Å². The fraction of sp³-hybridized carbons (Fsp3) is 0.143. The number of pyridine rings is 1. The topological polar surface area (TPSA) is 88.6 Å². The number of nitrogens with zero attached hydrogens (tertiary/aromatic N) is 2. The lowest BCUT2D eigenvalue weighted by atomic mass is 10.2. The summed E-state index contributed by atoms with van der Waals surface area (Å²) in [6, 6.07) is -2.90. The van der Waals surface area contributed by atoms with Crippen LogP contribution in [0.5, 0.6) is 0 Å². The lowest BCUT2D eigenvalue weighted by molar-refractivity contribution is -0.170. The zero-order chi connectivity index (χ0) is 20.0. The maximum Gasteiger partial charge on any atom is 0.436 e. The van der Waals surface area contributed by atoms with Gasteiger partial charge in [0.15, 0.2) is 0 Å². The number of anilines is 1. The SMILES string of the molecule is [2H]c1nc2c([2H])c([2H])c(NC(=O)ON3C(=O)CCC3=O)c([2H])c2c([2H])c1[2H]. The Bertz CT molecular complexity index is 1010. The van der Waals surface area contributed by atoms with Crippen molar-refractivity contribution in [3.05, 3.63) is 36.4 Å². The van der Waals surface area contributed by atoms with E-state index in [1.165, 1.54) is 0 Å². The van der Waals surface area contributed by atoms with Crippen LogP contribution in [0.15, 0.2) is 36.4 Å². The second-order valence-electron chi connectivity index (χ2n) is 4.03. The first-order chi connectivity index (χ1) is 12.6. The molecule has 1 saturated heterocycles. The minimum Gasteiger partial charge on any atom is -0.311 e. The van der Waals surface area contributed by atoms with Crippen LogP contribution in [0.3, 0.4) is 0 Å². The van der Waals surface area contributed by atoms with Gasteiger partial charge in [-0.1, -0.05) is 6.04 Å². The van der Waals surface area contributed by atoms with Crippen molar-refractivity contribution in [3.63, 3.8) is 0 Å². The van der Waals surface area contributed by atoms with Gasteiger partial charge in [-0.3, -0.25) is 19.9 Å². The van der Waals surface area contributed by atoms with Gasteiger partial charge in [-0.2, -0.15) is 0 Å². The van der Waals surface area contributed by atoms with Crippen molar-refractivity contribution in [3.8, 4) is 0 Å². The Morgan fingerprint density at radius 2 is 2.05 bits per heavy atom. The molecule has 1 aromatic heterocycles. The van der Waals surface area contributed by atoms with Crippen molar-refractivity contribution in [2.75, 3.05) is 5.32 Å². The second kappa shape index (κ2) is 5.20. The molecule has 106 valence electrons. The van der Waals surface area contributed by atoms with Gasteiger partial charge >= 0.3 is 6.09 Å². The van der Waals surface area contributed by atoms with E-state index < -0.39 is 60.0 Å². The molecule has 0 spiro atoms. The Morgan fingerprint density at radius 3 is 2.81 bits per heavy atom. The molecular formula is C14H11N3O4. The Hall–Kier alpha value is -2.96. The van der Waals surface area contributed by atoms with Crippen molar-refractivity contribution in [1.29, 1.82) is 0 Å². The Labute approximate surface area is 127 Å². The van der Waals surface area contributed by atoms with Crippen LogP contribution in [0.2, 0.25) is 0 Å². The third-order valence-electron chi connectivity index (χ3n) is 2.61. The number of rotatable bonds is 2. The number of carbonyl (C=O) groups excluding carboxylic acids is 3. The lowest BCUT2D eigenvalue weighted by Gasteiger charge is -2.13. The number of carbonyl (C=O) groups is 3. The van der Waals surface area contributed by atoms with Gasteiger partial charge in [-0.25, -0.2) is 4.79 Å². The summed E-state index contributed by atoms with van der Waals surface area (Å²) in [6.45, 7) is 0. The molecule has 2 heterocycles. The summed E-state index contributed by atoms with van der Waals surface area (Å²) < 4.78 is 47.1. The first-order valence-corrected chi connectivity index (χ1v) is 5.85. The summed E-state index contributed by atoms with van der Waals surface area (Å²) >= 11 is 0. The third-order valence-corrected chi connectivity index (χ3v) is 2.61. The number of nitrogens with one attached hydrogen (secondary N) is 1. The maximum absolute atomic E-state index is 12.0. The minimum atomic E-state index is -1.33. The number of hydrogen-bond acceptors (Lipinski definition) is 5. The Kier molecular flexibility index (Phi) is 1.91. The molecule has 1 N–H and O–H groups in total. The number of fused-ring (bicyclic) bond motifs is 1. The zero-order valence-electron chi connectivity index (χ0n) is 16.4. The molecule has 0 atom stereocenters. The first-order valence-electron chi connectivity index (χ1n) is 8.85. The van der Waals surface area contributed by atoms with Crippen LogP contribution in [-0.2, 0) is 14.4 Å². The van der Waals surface area contributed by atoms with Gasteiger partial charge in [0.25, 0.3) is 11.8 Å². The van der Waals surface area contributed by atoms with Crippen LogP contribution in [0, 0.1) is 0 Å². The number of aromatic nitrogens is 1. The van der Waals surface area contributed by atoms with Crippen LogP contribution in [-0.4, -0.2) is 28.0 Å². The van der Waals surface area contributed by atoms with E-state index in [0.717, 1.165) is 0 Å². The third kappa shape index (κ3) is 2.66. The molecule has 0 unspecified atom stereocenters. The van der Waals surface area contributed by atoms with E-state index in [4.69, 9.17) is 8.22 Å². The normalized spacial score (nSPS) is 18.6. The highest BCUT2D eigenvalue weighted by atomic mass is 16.7. The molecule has 21 heavy (non-hydrogen) atoms. The predicted molar refractivity (Wildman–Crippen MR) is 72.9 cm³/mol. The molecule has 1 aliphatic heterocycles. The average molecular weight is 291 g/mol. The number of amides is 3. The summed E-state index contributed by atoms with van der Waals surface area (Å²) in [6.07, 6.45) is -2.13. The summed E-state index contributed by atoms with van der Waals surface area (Å²) in [4.78, 5) is 43.2. The van der Waals surface area contributed by atoms with E-state index in [1.807, 2.05) is 5.32 Å². The van der Waals surface area contributed by atoms with Gasteiger partial charge in [0.2, 0.25) is 0 Å². The first kappa shape index (κ1) is 7.72. The van der Waals surface area contributed by atoms with E-state index in [9.17, 15) is 14.4 Å². The smallest absolute Gasteiger partial charge is 0.311 e. The second-order valence-corrected chi connectivity index (χ2v) is 4.03. The molecule has 1 fully saturated rings. The van der Waals surface area contributed by atoms with E-state index in [0.29, 0.717) is 0 Å². The van der Waals surface area contributed by atoms with Crippen LogP contribution >= 0.6 is 0 Å². The van der Waals surface area contributed by atoms with E-state index >= 15 is 0 Å². The fourth-order valence-corrected chi connectivity index (χ4v) is 1.68. The van der Waals surface area contributed by atoms with Crippen LogP contribution in [0.1, 0.15) is 21.1 Å². The van der Waals surface area contributed by atoms with Gasteiger partial charge in [-0.05, 0) is 24.2 Å². The summed E-state index contributed by atoms with van der Waals surface area (Å²) in [5.74, 6) is -1.43. The van der Waals surface area contributed by atoms with E-state index in [-0.39, 0.29) is 28.8 Å². The molecule has 3 rings (SSSR count). The molecule has 7 nitrogen and oxygen atoms in total. The minimum absolute atomic E-state index is 0.109. The highest BCUT2D eigenvalue weighted by molar-refractivity contribution is 6.02. The van der Waals surface area contributed by atoms with Crippen molar-refractivity contribution in [1.82, 2.24) is 10.0 Å². The molecular weight excluding hydrogens is 274 g/mol. The quantitative estimate of drug-likeness (QED) is 0.853. The van der Waals surface area contributed by atoms with Gasteiger partial charge in [0, 0.05) is 30.1 Å². The van der Waals surface area contributed by atoms with E-state index in [2.05, 4.69) is 9.82 Å². The van der Waals surface area contributed by atoms with Crippen molar-refractivity contribution >= 4 is 34.5 Å². The van der Waals surface area contributed by atoms with Gasteiger partial charge in [-0.15, -0.1) is 5.06 Å². The molecule has 0 saturated carbocycles. The van der Waals surface area contributed by atoms with Crippen molar-refractivity contribution in [2.45, 2.75) is 12.8 Å². The largest absolute Gasteiger partial charge is 0.436 e. The lowest BCUT2D eigenvalue weighted by Crippen LogP contribution is -2.33. The molecule has 3 amide bonds. The highest BCUT2D eigenvalue weighted by Gasteiger charge is 2.32. The summed E-state index contributed by atoms with van der Waals surface area (Å²) in [5.41, 5.74) is -0.802. The van der Waals surface area contributed by atoms with Gasteiger partial charge in [0.05, 0.1) is 13.7 Å². The van der Waals surface area contributed by atoms with Gasteiger partial charge < -0.3 is 4.84 Å². The molecule has 2 aromatic rings. The summed E-state index contributed by atoms with van der Waals surface area (Å²) in [7, 11) is 0. The van der Waals surface area contributed by atoms with Gasteiger partial charge in [0.1, 0.15) is 0 Å². The monoisotopic (exact) mass is 291 g/mol. The Morgan fingerprint density at radius 1 is 1.29 bits per heavy atom. The zero-order valence-corrected chi connectivity index (χ0v) is 10.4. The highest BCUT2D eigenvalue weighted by Crippen LogP contribution is 2.18. The molecule has 0 aliphatic carbocycles. The number of hydrogen-bond donors (Lipinski definition) is 1. The van der Waals surface area contributed by atoms with Crippen molar-refractivity contribution in [2.24, 2.45) is 0 Å². The number of imide groups is 1. The molecule has 0 radical (unpaired) electrons. The number of hydroxylamine groups is 2. The molecule has 1 aromatic carbocycles. The Balaban J connectivity index is 2.03. The summed E-state index contributed by atoms with van der Waals surface area (Å²) in [5, 5.41) is 2.00. The predicted octanol–water partition coefficient (Wildman–Crippen LogP) is 1.85. The molecule has 0 bridgehead atoms. The number of benzene rings is 1. The van der Waals surface area contributed by atoms with E-state index in [1.54, 1.807) is 0 Å². The average Bonchev–Trinajstić information content (AvgIpc) is 2.93. The van der Waals surface area contributed by atoms with Crippen molar-refractivity contribution < 1.29 is 27.4 Å².